The van der Waals surface area contributed by atoms with Gasteiger partial charge in [-0.3, -0.25) is 0 Å². The van der Waals surface area contributed by atoms with Gasteiger partial charge >= 0.3 is 0 Å². The molecule has 0 N–H and O–H groups in total. The number of halogens is 1. The van der Waals surface area contributed by atoms with Crippen molar-refractivity contribution < 1.29 is 4.39 Å². The second-order valence-electron chi connectivity index (χ2n) is 1.77. The van der Waals surface area contributed by atoms with Gasteiger partial charge in [0.25, 0.3) is 0 Å². The minimum absolute atomic E-state index is 0.162. The van der Waals surface area contributed by atoms with E-state index in [2.05, 4.69) is 0 Å². The summed E-state index contributed by atoms with van der Waals surface area (Å²) in [5.74, 6) is -0.162. The molecule has 2 heteroatoms. The average molecular weight is 101 g/mol. The summed E-state index contributed by atoms with van der Waals surface area (Å²) in [4.78, 5) is 0. The van der Waals surface area contributed by atoms with Crippen LogP contribution in [0.15, 0.2) is 0 Å². The zero-order valence-electron chi connectivity index (χ0n) is 4.48. The van der Waals surface area contributed by atoms with Gasteiger partial charge in [0.15, 0.2) is 6.17 Å². The van der Waals surface area contributed by atoms with Gasteiger partial charge in [-0.2, -0.15) is 5.26 Å². The van der Waals surface area contributed by atoms with E-state index in [4.69, 9.17) is 5.26 Å². The molecule has 0 saturated carbocycles. The highest BCUT2D eigenvalue weighted by Gasteiger charge is 2.07. The van der Waals surface area contributed by atoms with E-state index in [0.717, 1.165) is 0 Å². The highest BCUT2D eigenvalue weighted by Crippen LogP contribution is 2.02. The van der Waals surface area contributed by atoms with Gasteiger partial charge in [0.05, 0.1) is 0 Å². The number of nitrogens with zero attached hydrogens (tertiary/aromatic N) is 1. The van der Waals surface area contributed by atoms with Gasteiger partial charge < -0.3 is 0 Å². The highest BCUT2D eigenvalue weighted by atomic mass is 19.1. The average Bonchev–Trinajstić information content (AvgIpc) is 1.65. The van der Waals surface area contributed by atoms with E-state index in [-0.39, 0.29) is 5.92 Å². The Morgan fingerprint density at radius 3 is 2.00 bits per heavy atom. The number of hydrogen-bond acceptors (Lipinski definition) is 1. The van der Waals surface area contributed by atoms with Crippen molar-refractivity contribution in [1.82, 2.24) is 0 Å². The molecule has 0 radical (unpaired) electrons. The minimum Gasteiger partial charge on any atom is -0.231 e. The van der Waals surface area contributed by atoms with Crippen LogP contribution in [0.1, 0.15) is 13.8 Å². The third-order valence-corrected chi connectivity index (χ3v) is 0.709. The zero-order valence-corrected chi connectivity index (χ0v) is 4.48. The third-order valence-electron chi connectivity index (χ3n) is 0.709. The molecule has 0 aliphatic rings. The molecule has 0 aromatic carbocycles. The first-order valence-electron chi connectivity index (χ1n) is 2.22. The van der Waals surface area contributed by atoms with Crippen molar-refractivity contribution >= 4 is 0 Å². The molecule has 0 aromatic heterocycles. The summed E-state index contributed by atoms with van der Waals surface area (Å²) in [5.41, 5.74) is 0. The summed E-state index contributed by atoms with van der Waals surface area (Å²) in [6.07, 6.45) is -1.29. The van der Waals surface area contributed by atoms with Crippen molar-refractivity contribution in [1.29, 1.82) is 5.26 Å². The van der Waals surface area contributed by atoms with E-state index in [0.29, 0.717) is 0 Å². The van der Waals surface area contributed by atoms with E-state index < -0.39 is 6.17 Å². The van der Waals surface area contributed by atoms with E-state index in [1.54, 1.807) is 13.8 Å². The molecule has 7 heavy (non-hydrogen) atoms. The predicted molar refractivity (Wildman–Crippen MR) is 25.3 cm³/mol. The van der Waals surface area contributed by atoms with E-state index in [9.17, 15) is 4.39 Å². The number of rotatable bonds is 1. The van der Waals surface area contributed by atoms with Crippen molar-refractivity contribution in [2.24, 2.45) is 5.92 Å². The first kappa shape index (κ1) is 6.42. The predicted octanol–water partition coefficient (Wildman–Crippen LogP) is 1.50. The third kappa shape index (κ3) is 2.16. The van der Waals surface area contributed by atoms with Gasteiger partial charge in [0.2, 0.25) is 0 Å². The molecule has 0 saturated heterocycles. The van der Waals surface area contributed by atoms with Crippen LogP contribution in [0.5, 0.6) is 0 Å². The molecular formula is C5H8FN. The van der Waals surface area contributed by atoms with Gasteiger partial charge in [-0.25, -0.2) is 4.39 Å². The van der Waals surface area contributed by atoms with Gasteiger partial charge in [-0.1, -0.05) is 13.8 Å². The van der Waals surface area contributed by atoms with Gasteiger partial charge in [0, 0.05) is 0 Å². The van der Waals surface area contributed by atoms with Crippen LogP contribution < -0.4 is 0 Å². The Hall–Kier alpha value is -0.580. The Labute approximate surface area is 42.8 Å². The van der Waals surface area contributed by atoms with E-state index >= 15 is 0 Å². The van der Waals surface area contributed by atoms with E-state index in [1.807, 2.05) is 0 Å². The van der Waals surface area contributed by atoms with Gasteiger partial charge in [-0.05, 0) is 5.92 Å². The lowest BCUT2D eigenvalue weighted by Gasteiger charge is -1.98. The van der Waals surface area contributed by atoms with Crippen molar-refractivity contribution in [2.75, 3.05) is 0 Å². The maximum atomic E-state index is 11.9. The maximum absolute atomic E-state index is 11.9. The monoisotopic (exact) mass is 101 g/mol. The number of nitriles is 1. The summed E-state index contributed by atoms with van der Waals surface area (Å²) >= 11 is 0. The van der Waals surface area contributed by atoms with Crippen LogP contribution in [0.2, 0.25) is 0 Å². The van der Waals surface area contributed by atoms with Crippen molar-refractivity contribution in [2.45, 2.75) is 20.0 Å². The fraction of sp³-hybridized carbons (Fsp3) is 0.800. The molecule has 0 heterocycles. The fourth-order valence-electron chi connectivity index (χ4n) is 0.149. The fourth-order valence-corrected chi connectivity index (χ4v) is 0.149. The second kappa shape index (κ2) is 2.57. The van der Waals surface area contributed by atoms with Crippen LogP contribution in [0, 0.1) is 17.2 Å². The Bertz CT molecular complexity index is 82.6. The highest BCUT2D eigenvalue weighted by molar-refractivity contribution is 4.84. The van der Waals surface area contributed by atoms with Crippen LogP contribution in [-0.2, 0) is 0 Å². The molecule has 0 aliphatic heterocycles. The summed E-state index contributed by atoms with van der Waals surface area (Å²) in [6.45, 7) is 3.35. The molecule has 1 nitrogen and oxygen atoms in total. The molecule has 40 valence electrons. The smallest absolute Gasteiger partial charge is 0.188 e. The zero-order chi connectivity index (χ0) is 5.86. The Morgan fingerprint density at radius 2 is 2.00 bits per heavy atom. The molecule has 0 bridgehead atoms. The molecule has 0 fully saturated rings. The Balaban J connectivity index is 3.40. The molecule has 1 atom stereocenters. The normalized spacial score (nSPS) is 13.6. The van der Waals surface area contributed by atoms with Crippen LogP contribution in [0.25, 0.3) is 0 Å². The van der Waals surface area contributed by atoms with Crippen molar-refractivity contribution in [3.8, 4) is 6.07 Å². The summed E-state index contributed by atoms with van der Waals surface area (Å²) in [7, 11) is 0. The molecule has 0 spiro atoms. The lowest BCUT2D eigenvalue weighted by molar-refractivity contribution is 0.322. The summed E-state index contributed by atoms with van der Waals surface area (Å²) < 4.78 is 11.9. The van der Waals surface area contributed by atoms with E-state index in [1.165, 1.54) is 6.07 Å². The lowest BCUT2D eigenvalue weighted by atomic mass is 10.1. The van der Waals surface area contributed by atoms with Gasteiger partial charge in [0.1, 0.15) is 6.07 Å². The van der Waals surface area contributed by atoms with Crippen LogP contribution in [0.4, 0.5) is 4.39 Å². The SMILES string of the molecule is CC(C)C(F)C#N. The number of alkyl halides is 1. The molecular weight excluding hydrogens is 93.1 g/mol. The van der Waals surface area contributed by atoms with Gasteiger partial charge in [-0.15, -0.1) is 0 Å². The molecule has 0 rings (SSSR count). The topological polar surface area (TPSA) is 23.8 Å². The molecule has 0 aromatic rings. The molecule has 0 amide bonds. The first-order valence-corrected chi connectivity index (χ1v) is 2.22. The molecule has 1 unspecified atom stereocenters. The van der Waals surface area contributed by atoms with Crippen LogP contribution in [-0.4, -0.2) is 6.17 Å². The largest absolute Gasteiger partial charge is 0.231 e. The second-order valence-corrected chi connectivity index (χ2v) is 1.77. The summed E-state index contributed by atoms with van der Waals surface area (Å²) in [6, 6.07) is 1.50. The summed E-state index contributed by atoms with van der Waals surface area (Å²) in [5, 5.41) is 7.88. The maximum Gasteiger partial charge on any atom is 0.188 e. The van der Waals surface area contributed by atoms with Crippen LogP contribution in [0.3, 0.4) is 0 Å². The van der Waals surface area contributed by atoms with Crippen molar-refractivity contribution in [3.63, 3.8) is 0 Å². The number of hydrogen-bond donors (Lipinski definition) is 0. The minimum atomic E-state index is -1.29. The lowest BCUT2D eigenvalue weighted by Crippen LogP contribution is -2.04. The standard InChI is InChI=1S/C5H8FN/c1-4(2)5(6)3-7/h4-5H,1-2H3. The quantitative estimate of drug-likeness (QED) is 0.491. The van der Waals surface area contributed by atoms with Crippen LogP contribution >= 0.6 is 0 Å². The Morgan fingerprint density at radius 1 is 1.57 bits per heavy atom. The van der Waals surface area contributed by atoms with Crippen molar-refractivity contribution in [3.05, 3.63) is 0 Å². The molecule has 0 aliphatic carbocycles. The first-order chi connectivity index (χ1) is 3.18. The Kier molecular flexibility index (Phi) is 2.36.